The normalized spacial score (nSPS) is 14.4. The van der Waals surface area contributed by atoms with E-state index >= 15 is 0 Å². The van der Waals surface area contributed by atoms with Crippen molar-refractivity contribution in [1.82, 2.24) is 0 Å². The van der Waals surface area contributed by atoms with Crippen molar-refractivity contribution < 1.29 is 0 Å². The summed E-state index contributed by atoms with van der Waals surface area (Å²) in [6.07, 6.45) is 8.42. The Morgan fingerprint density at radius 3 is 2.84 bits per heavy atom. The van der Waals surface area contributed by atoms with Crippen LogP contribution in [0, 0.1) is 5.41 Å². The average molecular weight is 288 g/mol. The molecule has 0 atom stereocenters. The Bertz CT molecular complexity index is 597. The van der Waals surface area contributed by atoms with Gasteiger partial charge in [-0.05, 0) is 29.5 Å². The number of nitrogens with one attached hydrogen (secondary N) is 1. The second-order valence-electron chi connectivity index (χ2n) is 3.97. The van der Waals surface area contributed by atoms with Crippen molar-refractivity contribution in [3.05, 3.63) is 76.7 Å². The summed E-state index contributed by atoms with van der Waals surface area (Å²) < 4.78 is 0. The zero-order chi connectivity index (χ0) is 13.7. The first-order valence-corrected chi connectivity index (χ1v) is 7.18. The van der Waals surface area contributed by atoms with Crippen molar-refractivity contribution in [1.29, 1.82) is 5.41 Å². The summed E-state index contributed by atoms with van der Waals surface area (Å²) in [5.74, 6) is 0. The number of halogens is 1. The summed E-state index contributed by atoms with van der Waals surface area (Å²) in [4.78, 5) is 1.04. The lowest BCUT2D eigenvalue weighted by Gasteiger charge is -2.09. The van der Waals surface area contributed by atoms with Crippen LogP contribution in [0.25, 0.3) is 0 Å². The minimum Gasteiger partial charge on any atom is -0.300 e. The minimum atomic E-state index is 0.515. The fourth-order valence-electron chi connectivity index (χ4n) is 1.81. The van der Waals surface area contributed by atoms with E-state index in [0.29, 0.717) is 10.7 Å². The molecule has 2 rings (SSSR count). The highest BCUT2D eigenvalue weighted by Crippen LogP contribution is 2.26. The Hall–Kier alpha value is -1.51. The summed E-state index contributed by atoms with van der Waals surface area (Å²) in [7, 11) is 0. The van der Waals surface area contributed by atoms with E-state index in [1.165, 1.54) is 11.8 Å². The van der Waals surface area contributed by atoms with Gasteiger partial charge in [0.15, 0.2) is 0 Å². The van der Waals surface area contributed by atoms with Crippen LogP contribution in [0.3, 0.4) is 0 Å². The van der Waals surface area contributed by atoms with Gasteiger partial charge in [-0.1, -0.05) is 66.4 Å². The molecule has 3 heteroatoms. The molecule has 1 N–H and O–H groups in total. The summed E-state index contributed by atoms with van der Waals surface area (Å²) in [5, 5.41) is 10.9. The molecule has 0 fully saturated rings. The van der Waals surface area contributed by atoms with E-state index in [2.05, 4.69) is 6.58 Å². The first-order chi connectivity index (χ1) is 9.22. The van der Waals surface area contributed by atoms with Gasteiger partial charge in [-0.25, -0.2) is 0 Å². The summed E-state index contributed by atoms with van der Waals surface area (Å²) in [5.41, 5.74) is 2.33. The van der Waals surface area contributed by atoms with E-state index in [0.717, 1.165) is 22.5 Å². The van der Waals surface area contributed by atoms with Crippen molar-refractivity contribution in [3.63, 3.8) is 0 Å². The van der Waals surface area contributed by atoms with Gasteiger partial charge >= 0.3 is 0 Å². The Morgan fingerprint density at radius 2 is 2.05 bits per heavy atom. The zero-order valence-corrected chi connectivity index (χ0v) is 12.0. The topological polar surface area (TPSA) is 23.9 Å². The summed E-state index contributed by atoms with van der Waals surface area (Å²) in [6, 6.07) is 7.88. The molecular weight excluding hydrogens is 274 g/mol. The maximum atomic E-state index is 8.37. The molecule has 1 aliphatic carbocycles. The van der Waals surface area contributed by atoms with Crippen LogP contribution in [0.5, 0.6) is 0 Å². The molecule has 0 aliphatic heterocycles. The first-order valence-electron chi connectivity index (χ1n) is 5.92. The van der Waals surface area contributed by atoms with Crippen LogP contribution >= 0.6 is 23.4 Å². The lowest BCUT2D eigenvalue weighted by molar-refractivity contribution is 1.34. The predicted molar refractivity (Wildman–Crippen MR) is 85.1 cm³/mol. The van der Waals surface area contributed by atoms with Gasteiger partial charge in [-0.15, -0.1) is 0 Å². The van der Waals surface area contributed by atoms with Crippen LogP contribution in [0.4, 0.5) is 0 Å². The zero-order valence-electron chi connectivity index (χ0n) is 10.4. The van der Waals surface area contributed by atoms with E-state index in [-0.39, 0.29) is 0 Å². The summed E-state index contributed by atoms with van der Waals surface area (Å²) in [6.45, 7) is 3.73. The molecule has 0 saturated carbocycles. The van der Waals surface area contributed by atoms with Crippen molar-refractivity contribution in [2.24, 2.45) is 0 Å². The largest absolute Gasteiger partial charge is 0.300 e. The molecule has 1 aliphatic rings. The molecular formula is C16H14ClNS. The fourth-order valence-corrected chi connectivity index (χ4v) is 2.60. The monoisotopic (exact) mass is 287 g/mol. The van der Waals surface area contributed by atoms with E-state index < -0.39 is 0 Å². The molecule has 0 aromatic heterocycles. The maximum Gasteiger partial charge on any atom is 0.0692 e. The van der Waals surface area contributed by atoms with Crippen LogP contribution in [-0.2, 0) is 0 Å². The third-order valence-electron chi connectivity index (χ3n) is 2.73. The van der Waals surface area contributed by atoms with E-state index in [9.17, 15) is 0 Å². The molecule has 0 bridgehead atoms. The Kier molecular flexibility index (Phi) is 4.83. The Balaban J connectivity index is 2.32. The molecule has 1 nitrogen and oxygen atoms in total. The van der Waals surface area contributed by atoms with Gasteiger partial charge < -0.3 is 0 Å². The Morgan fingerprint density at radius 1 is 1.26 bits per heavy atom. The molecule has 0 spiro atoms. The van der Waals surface area contributed by atoms with Crippen molar-refractivity contribution >= 4 is 29.1 Å². The van der Waals surface area contributed by atoms with Crippen LogP contribution in [0.2, 0.25) is 0 Å². The average Bonchev–Trinajstić information content (AvgIpc) is 2.64. The smallest absolute Gasteiger partial charge is 0.0692 e. The van der Waals surface area contributed by atoms with Crippen LogP contribution < -0.4 is 0 Å². The van der Waals surface area contributed by atoms with Gasteiger partial charge in [0.2, 0.25) is 0 Å². The lowest BCUT2D eigenvalue weighted by Crippen LogP contribution is -2.03. The van der Waals surface area contributed by atoms with Gasteiger partial charge in [-0.3, -0.25) is 5.41 Å². The third kappa shape index (κ3) is 3.49. The number of benzene rings is 1. The van der Waals surface area contributed by atoms with E-state index in [4.69, 9.17) is 17.0 Å². The SMILES string of the molecule is C=CSc1ccccc1C(=N)C1=CCC=C(Cl)C=C1. The Labute approximate surface area is 122 Å². The molecule has 19 heavy (non-hydrogen) atoms. The second kappa shape index (κ2) is 6.60. The number of rotatable bonds is 4. The van der Waals surface area contributed by atoms with Crippen LogP contribution in [0.1, 0.15) is 12.0 Å². The standard InChI is InChI=1S/C16H14ClNS/c1-2-19-15-9-4-3-8-14(15)16(18)12-6-5-7-13(17)11-10-12/h2-4,6-11,18H,1,5H2. The first kappa shape index (κ1) is 13.9. The van der Waals surface area contributed by atoms with Crippen molar-refractivity contribution in [3.8, 4) is 0 Å². The van der Waals surface area contributed by atoms with Crippen LogP contribution in [0.15, 0.2) is 76.1 Å². The van der Waals surface area contributed by atoms with Gasteiger partial charge in [0.05, 0.1) is 5.71 Å². The highest BCUT2D eigenvalue weighted by Gasteiger charge is 2.10. The van der Waals surface area contributed by atoms with Gasteiger partial charge in [-0.2, -0.15) is 0 Å². The van der Waals surface area contributed by atoms with Crippen molar-refractivity contribution in [2.45, 2.75) is 11.3 Å². The van der Waals surface area contributed by atoms with Gasteiger partial charge in [0.25, 0.3) is 0 Å². The molecule has 0 heterocycles. The van der Waals surface area contributed by atoms with Gasteiger partial charge in [0.1, 0.15) is 0 Å². The number of hydrogen-bond donors (Lipinski definition) is 1. The molecule has 1 aromatic carbocycles. The molecule has 96 valence electrons. The van der Waals surface area contributed by atoms with E-state index in [1.807, 2.05) is 48.6 Å². The van der Waals surface area contributed by atoms with Crippen molar-refractivity contribution in [2.75, 3.05) is 0 Å². The molecule has 1 aromatic rings. The van der Waals surface area contributed by atoms with Crippen LogP contribution in [-0.4, -0.2) is 5.71 Å². The number of hydrogen-bond acceptors (Lipinski definition) is 2. The molecule has 0 radical (unpaired) electrons. The highest BCUT2D eigenvalue weighted by atomic mass is 35.5. The number of allylic oxidation sites excluding steroid dienone is 6. The predicted octanol–water partition coefficient (Wildman–Crippen LogP) is 5.30. The lowest BCUT2D eigenvalue weighted by atomic mass is 10.0. The number of thioether (sulfide) groups is 1. The highest BCUT2D eigenvalue weighted by molar-refractivity contribution is 8.02. The minimum absolute atomic E-state index is 0.515. The molecule has 0 saturated heterocycles. The second-order valence-corrected chi connectivity index (χ2v) is 5.42. The molecule has 0 amide bonds. The molecule has 0 unspecified atom stereocenters. The van der Waals surface area contributed by atoms with Gasteiger partial charge in [0, 0.05) is 15.5 Å². The quantitative estimate of drug-likeness (QED) is 0.590. The van der Waals surface area contributed by atoms with E-state index in [1.54, 1.807) is 5.41 Å². The third-order valence-corrected chi connectivity index (χ3v) is 3.78. The fraction of sp³-hybridized carbons (Fsp3) is 0.0625. The maximum absolute atomic E-state index is 8.37. The summed E-state index contributed by atoms with van der Waals surface area (Å²) >= 11 is 7.50.